The maximum Gasteiger partial charge on any atom is 0.407 e. The number of alkyl carbamates (subject to hydrolysis) is 3. The highest BCUT2D eigenvalue weighted by Gasteiger charge is 2.45. The Morgan fingerprint density at radius 1 is 0.383 bits per heavy atom. The second kappa shape index (κ2) is 61.8. The normalized spacial score (nSPS) is 20.4. The fourth-order valence-corrected chi connectivity index (χ4v) is 17.4. The number of nitriles is 2. The van der Waals surface area contributed by atoms with Crippen LogP contribution in [0, 0.1) is 22.7 Å². The van der Waals surface area contributed by atoms with E-state index in [1.807, 2.05) is 311 Å². The zero-order valence-electron chi connectivity index (χ0n) is 87.2. The van der Waals surface area contributed by atoms with Crippen LogP contribution >= 0.6 is 0 Å². The molecule has 0 spiro atoms. The monoisotopic (exact) mass is 1940 g/mol. The van der Waals surface area contributed by atoms with Crippen molar-refractivity contribution in [3.05, 3.63) is 250 Å². The molecule has 32 heteroatoms. The molecule has 5 amide bonds. The second-order valence-corrected chi connectivity index (χ2v) is 36.7. The van der Waals surface area contributed by atoms with Crippen molar-refractivity contribution in [2.24, 2.45) is 10.8 Å². The number of methoxy groups -OCH3 is 2. The first kappa shape index (κ1) is 119. The largest absolute Gasteiger partial charge is 0.480 e. The summed E-state index contributed by atoms with van der Waals surface area (Å²) in [5.41, 5.74) is 21.9. The minimum atomic E-state index is -0.866. The van der Waals surface area contributed by atoms with Gasteiger partial charge in [-0.25, -0.2) is 14.4 Å². The number of benzene rings is 7. The summed E-state index contributed by atoms with van der Waals surface area (Å²) in [6, 6.07) is 67.2. The number of nitrogens with two attached hydrogens (primary N) is 1. The van der Waals surface area contributed by atoms with Crippen LogP contribution in [0.2, 0.25) is 0 Å². The minimum Gasteiger partial charge on any atom is -0.480 e. The molecule has 14 rings (SSSR count). The molecular weight excluding hydrogens is 1790 g/mol. The van der Waals surface area contributed by atoms with Crippen molar-refractivity contribution >= 4 is 59.4 Å². The Morgan fingerprint density at radius 3 is 0.943 bits per heavy atom. The smallest absolute Gasteiger partial charge is 0.407 e. The molecule has 141 heavy (non-hydrogen) atoms. The zero-order chi connectivity index (χ0) is 104. The van der Waals surface area contributed by atoms with Gasteiger partial charge in [0.25, 0.3) is 0 Å². The Labute approximate surface area is 838 Å². The maximum atomic E-state index is 13.7. The number of ether oxygens (including phenoxy) is 5. The van der Waals surface area contributed by atoms with Gasteiger partial charge < -0.3 is 70.1 Å². The van der Waals surface area contributed by atoms with Crippen molar-refractivity contribution in [1.82, 2.24) is 50.2 Å². The number of piperazine rings is 2. The third kappa shape index (κ3) is 40.1. The van der Waals surface area contributed by atoms with Crippen LogP contribution in [-0.4, -0.2) is 264 Å². The van der Waals surface area contributed by atoms with Crippen LogP contribution in [0.15, 0.2) is 205 Å². The highest BCUT2D eigenvalue weighted by molar-refractivity contribution is 5.84. The van der Waals surface area contributed by atoms with E-state index in [-0.39, 0.29) is 78.1 Å². The third-order valence-electron chi connectivity index (χ3n) is 23.3. The van der Waals surface area contributed by atoms with Gasteiger partial charge in [-0.05, 0) is 152 Å². The lowest BCUT2D eigenvalue weighted by atomic mass is 10.1. The molecule has 7 aromatic rings. The standard InChI is InChI=1S/C28H35N5O3.C23H27N5O.C18H26N2O4.C17H24N2O4.C13H16N4O2.5C2H6/c1-28(2,3)36-27(35)30-23-17-25(33(20-23)19-21-9-5-4-6-10-21)26(34)32-15-13-31(14-16-32)24-12-8-7-11-22(24)18-29;24-15-19-8-4-5-9-21(19)26-10-12-27(13-11-26)23(29)22-14-20(25)17-28(22)16-18-6-2-1-3-7-18;1-18(2,3)24-17(22)19-14-10-15(16(21)23-4)20(12-14)11-13-8-6-5-7-9-13;1-17(2,3)23-16(22)18-13-9-14(15(20)21)19(11-13)10-12-7-5-4-6-8-12;1-19-13(18)12-7-11(15-16-14)9-17(12)8-10-5-3-2-4-6-10;5*1-2/h4-12,23,25H,13-17,19-20H2,1-3H3,(H,30,35);1-9,20,22H,10-14,16-17,25H2;5-9,14-15H,10-12H2,1-4H3,(H,19,22);4-8,13-14H,9-11H2,1-3H3,(H,18,22)(H,20,21);2-6,11-12H,7-9H2,1H3;5*1-2H3/t23-,25-;20-,22-;14-,15-;13-,14-;11-,12-;;;;;/m00000...../s1. The predicted molar refractivity (Wildman–Crippen MR) is 555 cm³/mol. The number of esters is 2. The van der Waals surface area contributed by atoms with E-state index in [0.717, 1.165) is 59.8 Å². The van der Waals surface area contributed by atoms with E-state index in [0.29, 0.717) is 135 Å². The molecule has 7 aliphatic rings. The van der Waals surface area contributed by atoms with Gasteiger partial charge in [-0.15, -0.1) is 0 Å². The molecule has 0 radical (unpaired) electrons. The van der Waals surface area contributed by atoms with Crippen molar-refractivity contribution in [1.29, 1.82) is 10.5 Å². The molecule has 7 aliphatic heterocycles. The van der Waals surface area contributed by atoms with Gasteiger partial charge >= 0.3 is 36.2 Å². The van der Waals surface area contributed by atoms with Crippen molar-refractivity contribution in [2.75, 3.05) is 109 Å². The number of nitrogens with zero attached hydrogens (tertiary/aromatic N) is 14. The highest BCUT2D eigenvalue weighted by atomic mass is 16.6. The molecule has 0 saturated carbocycles. The molecule has 7 aromatic carbocycles. The number of amides is 5. The second-order valence-electron chi connectivity index (χ2n) is 36.7. The number of carbonyl (C=O) groups excluding carboxylic acids is 7. The number of carboxylic acids is 1. The Kier molecular flexibility index (Phi) is 52.1. The van der Waals surface area contributed by atoms with Gasteiger partial charge in [-0.2, -0.15) is 10.5 Å². The molecule has 0 unspecified atom stereocenters. The first-order valence-electron chi connectivity index (χ1n) is 49.8. The average molecular weight is 1940 g/mol. The zero-order valence-corrected chi connectivity index (χ0v) is 87.2. The molecule has 32 nitrogen and oxygen atoms in total. The summed E-state index contributed by atoms with van der Waals surface area (Å²) in [5.74, 6) is -1.14. The van der Waals surface area contributed by atoms with Crippen LogP contribution in [0.25, 0.3) is 10.4 Å². The van der Waals surface area contributed by atoms with Crippen molar-refractivity contribution in [3.63, 3.8) is 0 Å². The molecule has 7 saturated heterocycles. The Hall–Kier alpha value is -12.7. The molecule has 768 valence electrons. The number of rotatable bonds is 21. The summed E-state index contributed by atoms with van der Waals surface area (Å²) < 4.78 is 25.7. The number of anilines is 2. The quantitative estimate of drug-likeness (QED) is 0.0147. The summed E-state index contributed by atoms with van der Waals surface area (Å²) in [6.45, 7) is 47.9. The number of likely N-dealkylation sites (tertiary alicyclic amines) is 5. The summed E-state index contributed by atoms with van der Waals surface area (Å²) in [4.78, 5) is 120. The lowest BCUT2D eigenvalue weighted by Gasteiger charge is -2.38. The van der Waals surface area contributed by atoms with Crippen LogP contribution in [0.1, 0.15) is 203 Å². The molecule has 7 heterocycles. The highest BCUT2D eigenvalue weighted by Crippen LogP contribution is 2.32. The number of hydrogen-bond donors (Lipinski definition) is 5. The van der Waals surface area contributed by atoms with Crippen molar-refractivity contribution < 1.29 is 67.1 Å². The van der Waals surface area contributed by atoms with Crippen LogP contribution in [-0.2, 0) is 80.4 Å². The van der Waals surface area contributed by atoms with E-state index in [2.05, 4.69) is 82.0 Å². The Bertz CT molecular complexity index is 5020. The van der Waals surface area contributed by atoms with Gasteiger partial charge in [-0.3, -0.25) is 48.5 Å². The van der Waals surface area contributed by atoms with E-state index in [9.17, 15) is 54.0 Å². The number of carboxylic acid groups (broad SMARTS) is 1. The lowest BCUT2D eigenvalue weighted by Crippen LogP contribution is -2.53. The van der Waals surface area contributed by atoms with Gasteiger partial charge in [0.05, 0.1) is 54.8 Å². The van der Waals surface area contributed by atoms with Crippen molar-refractivity contribution in [3.8, 4) is 12.1 Å². The molecule has 10 atom stereocenters. The predicted octanol–water partition coefficient (Wildman–Crippen LogP) is 17.0. The maximum absolute atomic E-state index is 13.7. The third-order valence-corrected chi connectivity index (χ3v) is 23.3. The molecule has 0 bridgehead atoms. The van der Waals surface area contributed by atoms with Crippen LogP contribution in [0.5, 0.6) is 0 Å². The number of hydrogen-bond acceptors (Lipinski definition) is 24. The fourth-order valence-electron chi connectivity index (χ4n) is 17.4. The lowest BCUT2D eigenvalue weighted by molar-refractivity contribution is -0.146. The van der Waals surface area contributed by atoms with Gasteiger partial charge in [0.2, 0.25) is 11.8 Å². The van der Waals surface area contributed by atoms with E-state index in [1.165, 1.54) is 19.8 Å². The molecule has 6 N–H and O–H groups in total. The van der Waals surface area contributed by atoms with E-state index >= 15 is 0 Å². The fraction of sp³-hybridized carbons (Fsp3) is 0.523. The van der Waals surface area contributed by atoms with E-state index in [4.69, 9.17) is 34.9 Å². The number of carbonyl (C=O) groups is 8. The number of para-hydroxylation sites is 2. The summed E-state index contributed by atoms with van der Waals surface area (Å²) in [5, 5.41) is 40.5. The van der Waals surface area contributed by atoms with E-state index < -0.39 is 47.1 Å². The van der Waals surface area contributed by atoms with Gasteiger partial charge in [0.15, 0.2) is 0 Å². The van der Waals surface area contributed by atoms with Crippen LogP contribution in [0.4, 0.5) is 25.8 Å². The summed E-state index contributed by atoms with van der Waals surface area (Å²) in [7, 11) is 2.77. The SMILES string of the molecule is CC.CC.CC.CC.CC.CC(C)(C)OC(=O)N[C@H]1C[C@@H](C(=O)N2CCN(c3ccccc3C#N)CC2)N(Cc2ccccc2)C1.CC(C)(C)OC(=O)N[C@H]1C[C@@H](C(=O)O)N(Cc2ccccc2)C1.COC(=O)[C@@H]1C[C@H](N=[N+]=[N-])CN1Cc1ccccc1.COC(=O)[C@@H]1C[C@H](NC(=O)OC(C)(C)C)CN1Cc1ccccc1.N#Cc1ccccc1N1CCN(C(=O)[C@@H]2C[C@H](N)CN2Cc2ccccc2)CC1. The van der Waals surface area contributed by atoms with Gasteiger partial charge in [-0.1, -0.05) is 250 Å². The number of nitrogens with one attached hydrogen (secondary N) is 3. The van der Waals surface area contributed by atoms with E-state index in [1.54, 1.807) is 20.8 Å². The summed E-state index contributed by atoms with van der Waals surface area (Å²) >= 11 is 0. The summed E-state index contributed by atoms with van der Waals surface area (Å²) in [6.07, 6.45) is 1.24. The number of azide groups is 1. The van der Waals surface area contributed by atoms with Crippen molar-refractivity contribution in [2.45, 2.75) is 274 Å². The topological polar surface area (TPSA) is 391 Å². The molecule has 7 fully saturated rings. The first-order valence-corrected chi connectivity index (χ1v) is 49.8. The van der Waals surface area contributed by atoms with Crippen LogP contribution in [0.3, 0.4) is 0 Å². The van der Waals surface area contributed by atoms with Gasteiger partial charge in [0, 0.05) is 147 Å². The Morgan fingerprint density at radius 2 is 0.645 bits per heavy atom. The average Bonchev–Trinajstić information content (AvgIpc) is 1.72. The molecule has 0 aromatic heterocycles. The Balaban J connectivity index is 0.000000308. The number of aliphatic carboxylic acids is 1. The minimum absolute atomic E-state index is 0.0384. The first-order chi connectivity index (χ1) is 67.6. The molecular formula is C109H158N18O14. The van der Waals surface area contributed by atoms with Crippen LogP contribution < -0.4 is 31.5 Å². The molecule has 0 aliphatic carbocycles. The van der Waals surface area contributed by atoms with Gasteiger partial charge in [0.1, 0.15) is 47.1 Å².